The predicted molar refractivity (Wildman–Crippen MR) is 53.7 cm³/mol. The Balaban J connectivity index is 2.02. The van der Waals surface area contributed by atoms with E-state index in [1.807, 2.05) is 6.07 Å². The van der Waals surface area contributed by atoms with E-state index in [1.165, 1.54) is 24.5 Å². The summed E-state index contributed by atoms with van der Waals surface area (Å²) in [6.07, 6.45) is 2.51. The average molecular weight is 191 g/mol. The van der Waals surface area contributed by atoms with Gasteiger partial charge in [-0.25, -0.2) is 4.39 Å². The summed E-state index contributed by atoms with van der Waals surface area (Å²) in [7, 11) is 0. The van der Waals surface area contributed by atoms with Crippen LogP contribution < -0.4 is 5.32 Å². The summed E-state index contributed by atoms with van der Waals surface area (Å²) < 4.78 is 13.1. The second-order valence-electron chi connectivity index (χ2n) is 4.53. The van der Waals surface area contributed by atoms with Crippen molar-refractivity contribution in [3.05, 3.63) is 35.6 Å². The smallest absolute Gasteiger partial charge is 0.123 e. The molecular formula is C12H14FN. The highest BCUT2D eigenvalue weighted by Gasteiger charge is 2.50. The summed E-state index contributed by atoms with van der Waals surface area (Å²) in [4.78, 5) is 0. The van der Waals surface area contributed by atoms with E-state index in [0.29, 0.717) is 0 Å². The summed E-state index contributed by atoms with van der Waals surface area (Å²) in [5.74, 6) is 0.638. The molecule has 1 aliphatic carbocycles. The molecular weight excluding hydrogens is 177 g/mol. The summed E-state index contributed by atoms with van der Waals surface area (Å²) in [5.41, 5.74) is 1.46. The van der Waals surface area contributed by atoms with Gasteiger partial charge in [-0.05, 0) is 43.0 Å². The van der Waals surface area contributed by atoms with Crippen molar-refractivity contribution in [2.24, 2.45) is 5.92 Å². The van der Waals surface area contributed by atoms with Gasteiger partial charge in [0, 0.05) is 12.0 Å². The monoisotopic (exact) mass is 191 g/mol. The molecule has 1 saturated heterocycles. The molecule has 2 fully saturated rings. The molecule has 1 nitrogen and oxygen atoms in total. The molecule has 1 aromatic carbocycles. The summed E-state index contributed by atoms with van der Waals surface area (Å²) >= 11 is 0. The number of fused-ring (bicyclic) bond motifs is 1. The van der Waals surface area contributed by atoms with Crippen molar-refractivity contribution < 1.29 is 4.39 Å². The molecule has 0 amide bonds. The summed E-state index contributed by atoms with van der Waals surface area (Å²) in [6.45, 7) is 2.14. The Labute approximate surface area is 83.3 Å². The fraction of sp³-hybridized carbons (Fsp3) is 0.500. The van der Waals surface area contributed by atoms with Gasteiger partial charge >= 0.3 is 0 Å². The molecule has 0 radical (unpaired) electrons. The molecule has 1 aromatic rings. The molecule has 2 aliphatic rings. The zero-order valence-electron chi connectivity index (χ0n) is 8.09. The Morgan fingerprint density at radius 3 is 3.00 bits per heavy atom. The number of hydrogen-bond donors (Lipinski definition) is 1. The molecule has 2 unspecified atom stereocenters. The molecule has 1 heterocycles. The minimum absolute atomic E-state index is 0.102. The minimum atomic E-state index is -0.102. The zero-order chi connectivity index (χ0) is 9.60. The highest BCUT2D eigenvalue weighted by atomic mass is 19.1. The van der Waals surface area contributed by atoms with E-state index in [1.54, 1.807) is 6.07 Å². The first-order chi connectivity index (χ1) is 6.81. The third kappa shape index (κ3) is 0.976. The molecule has 1 N–H and O–H groups in total. The largest absolute Gasteiger partial charge is 0.316 e. The molecule has 3 rings (SSSR count). The van der Waals surface area contributed by atoms with Gasteiger partial charge < -0.3 is 5.32 Å². The van der Waals surface area contributed by atoms with E-state index in [-0.39, 0.29) is 11.2 Å². The van der Waals surface area contributed by atoms with Crippen LogP contribution in [0.2, 0.25) is 0 Å². The third-order valence-corrected chi connectivity index (χ3v) is 3.95. The van der Waals surface area contributed by atoms with Gasteiger partial charge in [0.1, 0.15) is 5.82 Å². The first-order valence-electron chi connectivity index (χ1n) is 5.28. The highest BCUT2D eigenvalue weighted by Crippen LogP contribution is 2.50. The maximum absolute atomic E-state index is 13.1. The van der Waals surface area contributed by atoms with Crippen LogP contribution in [0, 0.1) is 11.7 Å². The molecule has 2 atom stereocenters. The lowest BCUT2D eigenvalue weighted by atomic mass is 9.59. The van der Waals surface area contributed by atoms with Crippen LogP contribution in [0.4, 0.5) is 4.39 Å². The van der Waals surface area contributed by atoms with Crippen LogP contribution in [0.1, 0.15) is 18.4 Å². The molecule has 0 spiro atoms. The van der Waals surface area contributed by atoms with Crippen molar-refractivity contribution in [3.63, 3.8) is 0 Å². The summed E-state index contributed by atoms with van der Waals surface area (Å²) in [6, 6.07) is 7.13. The van der Waals surface area contributed by atoms with Crippen LogP contribution >= 0.6 is 0 Å². The van der Waals surface area contributed by atoms with Gasteiger partial charge in [-0.2, -0.15) is 0 Å². The summed E-state index contributed by atoms with van der Waals surface area (Å²) in [5, 5.41) is 3.42. The molecule has 1 aliphatic heterocycles. The van der Waals surface area contributed by atoms with Crippen LogP contribution in [-0.2, 0) is 5.41 Å². The Morgan fingerprint density at radius 1 is 1.43 bits per heavy atom. The van der Waals surface area contributed by atoms with Crippen molar-refractivity contribution in [1.29, 1.82) is 0 Å². The van der Waals surface area contributed by atoms with Crippen LogP contribution in [0.25, 0.3) is 0 Å². The molecule has 0 bridgehead atoms. The van der Waals surface area contributed by atoms with Crippen molar-refractivity contribution in [2.45, 2.75) is 18.3 Å². The second kappa shape index (κ2) is 2.80. The number of benzene rings is 1. The van der Waals surface area contributed by atoms with E-state index in [4.69, 9.17) is 0 Å². The number of rotatable bonds is 1. The number of halogens is 1. The van der Waals surface area contributed by atoms with Gasteiger partial charge in [0.15, 0.2) is 0 Å². The first-order valence-corrected chi connectivity index (χ1v) is 5.28. The van der Waals surface area contributed by atoms with Crippen LogP contribution in [0.15, 0.2) is 24.3 Å². The zero-order valence-corrected chi connectivity index (χ0v) is 8.09. The van der Waals surface area contributed by atoms with Gasteiger partial charge in [0.2, 0.25) is 0 Å². The lowest BCUT2D eigenvalue weighted by Crippen LogP contribution is -2.43. The van der Waals surface area contributed by atoms with E-state index in [0.717, 1.165) is 19.0 Å². The van der Waals surface area contributed by atoms with Crippen molar-refractivity contribution in [1.82, 2.24) is 5.32 Å². The number of nitrogens with one attached hydrogen (secondary N) is 1. The minimum Gasteiger partial charge on any atom is -0.316 e. The maximum Gasteiger partial charge on any atom is 0.123 e. The first kappa shape index (κ1) is 8.42. The molecule has 74 valence electrons. The van der Waals surface area contributed by atoms with Gasteiger partial charge in [-0.1, -0.05) is 12.1 Å². The normalized spacial score (nSPS) is 35.1. The quantitative estimate of drug-likeness (QED) is 0.716. The molecule has 14 heavy (non-hydrogen) atoms. The molecule has 0 aromatic heterocycles. The predicted octanol–water partition coefficient (Wildman–Crippen LogP) is 2.08. The van der Waals surface area contributed by atoms with E-state index in [9.17, 15) is 4.39 Å². The third-order valence-electron chi connectivity index (χ3n) is 3.95. The van der Waals surface area contributed by atoms with E-state index >= 15 is 0 Å². The Morgan fingerprint density at radius 2 is 2.36 bits per heavy atom. The lowest BCUT2D eigenvalue weighted by molar-refractivity contribution is 0.182. The second-order valence-corrected chi connectivity index (χ2v) is 4.53. The maximum atomic E-state index is 13.1. The van der Waals surface area contributed by atoms with Gasteiger partial charge in [0.05, 0.1) is 0 Å². The molecule has 1 saturated carbocycles. The van der Waals surface area contributed by atoms with E-state index in [2.05, 4.69) is 11.4 Å². The van der Waals surface area contributed by atoms with Crippen molar-refractivity contribution in [3.8, 4) is 0 Å². The fourth-order valence-electron chi connectivity index (χ4n) is 2.98. The lowest BCUT2D eigenvalue weighted by Gasteiger charge is -2.44. The SMILES string of the molecule is Fc1cccc(C23CCC2CNC3)c1. The Bertz CT molecular complexity index is 363. The fourth-order valence-corrected chi connectivity index (χ4v) is 2.98. The van der Waals surface area contributed by atoms with E-state index < -0.39 is 0 Å². The Kier molecular flexibility index (Phi) is 1.68. The van der Waals surface area contributed by atoms with Crippen LogP contribution in [0.3, 0.4) is 0 Å². The van der Waals surface area contributed by atoms with Gasteiger partial charge in [0.25, 0.3) is 0 Å². The van der Waals surface area contributed by atoms with Gasteiger partial charge in [-0.15, -0.1) is 0 Å². The standard InChI is InChI=1S/C12H14FN/c13-11-3-1-2-9(6-11)12-5-4-10(12)7-14-8-12/h1-3,6,10,14H,4-5,7-8H2. The average Bonchev–Trinajstić information content (AvgIpc) is 2.43. The number of hydrogen-bond acceptors (Lipinski definition) is 1. The van der Waals surface area contributed by atoms with Gasteiger partial charge in [-0.3, -0.25) is 0 Å². The van der Waals surface area contributed by atoms with Crippen molar-refractivity contribution >= 4 is 0 Å². The topological polar surface area (TPSA) is 12.0 Å². The van der Waals surface area contributed by atoms with Crippen LogP contribution in [-0.4, -0.2) is 13.1 Å². The Hall–Kier alpha value is -0.890. The highest BCUT2D eigenvalue weighted by molar-refractivity contribution is 5.32. The van der Waals surface area contributed by atoms with Crippen LogP contribution in [0.5, 0.6) is 0 Å². The molecule has 2 heteroatoms. The van der Waals surface area contributed by atoms with Crippen molar-refractivity contribution in [2.75, 3.05) is 13.1 Å².